The molecule has 2 N–H and O–H groups in total. The molecular weight excluding hydrogens is 174 g/mol. The lowest BCUT2D eigenvalue weighted by Gasteiger charge is -2.06. The van der Waals surface area contributed by atoms with Crippen LogP contribution in [0.1, 0.15) is 41.0 Å². The maximum absolute atomic E-state index is 5.20. The molecule has 1 aliphatic rings. The van der Waals surface area contributed by atoms with E-state index in [1.165, 1.54) is 18.4 Å². The molecule has 2 nitrogen and oxygen atoms in total. The second-order valence-electron chi connectivity index (χ2n) is 2.94. The molecule has 84 valence electrons. The van der Waals surface area contributed by atoms with Crippen LogP contribution in [0.2, 0.25) is 0 Å². The SMILES string of the molecule is CC.NCOCCCC1=CCCC=C1.[HH]. The summed E-state index contributed by atoms with van der Waals surface area (Å²) in [6.45, 7) is 5.12. The van der Waals surface area contributed by atoms with Gasteiger partial charge in [0.05, 0.1) is 6.73 Å². The van der Waals surface area contributed by atoms with E-state index in [9.17, 15) is 0 Å². The summed E-state index contributed by atoms with van der Waals surface area (Å²) in [5.41, 5.74) is 6.64. The Bertz CT molecular complexity index is 178. The van der Waals surface area contributed by atoms with Crippen LogP contribution in [0.25, 0.3) is 0 Å². The zero-order valence-corrected chi connectivity index (χ0v) is 9.46. The molecule has 0 saturated carbocycles. The minimum absolute atomic E-state index is 0. The second-order valence-corrected chi connectivity index (χ2v) is 2.94. The predicted molar refractivity (Wildman–Crippen MR) is 64.2 cm³/mol. The first kappa shape index (κ1) is 13.4. The molecule has 0 aromatic rings. The van der Waals surface area contributed by atoms with Gasteiger partial charge in [0, 0.05) is 8.03 Å². The molecule has 0 atom stereocenters. The van der Waals surface area contributed by atoms with Crippen LogP contribution >= 0.6 is 0 Å². The summed E-state index contributed by atoms with van der Waals surface area (Å²) in [4.78, 5) is 0. The van der Waals surface area contributed by atoms with Gasteiger partial charge in [0.25, 0.3) is 0 Å². The quantitative estimate of drug-likeness (QED) is 0.545. The highest BCUT2D eigenvalue weighted by Gasteiger charge is 1.96. The Hall–Kier alpha value is -0.600. The normalized spacial score (nSPS) is 14.4. The van der Waals surface area contributed by atoms with E-state index in [4.69, 9.17) is 10.5 Å². The number of hydrogen-bond acceptors (Lipinski definition) is 2. The summed E-state index contributed by atoms with van der Waals surface area (Å²) in [6, 6.07) is 0. The third kappa shape index (κ3) is 6.87. The van der Waals surface area contributed by atoms with E-state index in [0.29, 0.717) is 6.73 Å². The van der Waals surface area contributed by atoms with E-state index in [-0.39, 0.29) is 1.43 Å². The largest absolute Gasteiger partial charge is 0.367 e. The summed E-state index contributed by atoms with van der Waals surface area (Å²) in [5, 5.41) is 0. The van der Waals surface area contributed by atoms with Crippen LogP contribution in [0.15, 0.2) is 23.8 Å². The monoisotopic (exact) mass is 199 g/mol. The fourth-order valence-electron chi connectivity index (χ4n) is 1.31. The van der Waals surface area contributed by atoms with Crippen LogP contribution in [-0.2, 0) is 4.74 Å². The van der Waals surface area contributed by atoms with Gasteiger partial charge < -0.3 is 10.5 Å². The molecule has 0 unspecified atom stereocenters. The molecule has 0 radical (unpaired) electrons. The molecule has 0 saturated heterocycles. The summed E-state index contributed by atoms with van der Waals surface area (Å²) in [6.07, 6.45) is 11.4. The number of allylic oxidation sites excluding steroid dienone is 4. The van der Waals surface area contributed by atoms with E-state index < -0.39 is 0 Å². The molecule has 1 aliphatic carbocycles. The first-order valence-electron chi connectivity index (χ1n) is 5.57. The molecule has 14 heavy (non-hydrogen) atoms. The summed E-state index contributed by atoms with van der Waals surface area (Å²) >= 11 is 0. The molecule has 0 bridgehead atoms. The van der Waals surface area contributed by atoms with Gasteiger partial charge in [-0.2, -0.15) is 0 Å². The highest BCUT2D eigenvalue weighted by molar-refractivity contribution is 5.21. The Morgan fingerprint density at radius 1 is 1.43 bits per heavy atom. The highest BCUT2D eigenvalue weighted by Crippen LogP contribution is 2.14. The topological polar surface area (TPSA) is 35.2 Å². The Morgan fingerprint density at radius 3 is 2.79 bits per heavy atom. The van der Waals surface area contributed by atoms with Crippen molar-refractivity contribution < 1.29 is 6.16 Å². The minimum Gasteiger partial charge on any atom is -0.367 e. The number of nitrogens with two attached hydrogens (primary N) is 1. The first-order valence-corrected chi connectivity index (χ1v) is 5.57. The van der Waals surface area contributed by atoms with Crippen LogP contribution in [0.3, 0.4) is 0 Å². The van der Waals surface area contributed by atoms with Gasteiger partial charge in [-0.15, -0.1) is 0 Å². The van der Waals surface area contributed by atoms with Crippen molar-refractivity contribution in [2.24, 2.45) is 5.73 Å². The Kier molecular flexibility index (Phi) is 10.0. The van der Waals surface area contributed by atoms with E-state index >= 15 is 0 Å². The molecule has 0 aliphatic heterocycles. The smallest absolute Gasteiger partial charge is 0.0940 e. The van der Waals surface area contributed by atoms with Gasteiger partial charge in [-0.05, 0) is 25.7 Å². The number of ether oxygens (including phenoxy) is 1. The summed E-state index contributed by atoms with van der Waals surface area (Å²) < 4.78 is 5.05. The van der Waals surface area contributed by atoms with Crippen molar-refractivity contribution in [3.63, 3.8) is 0 Å². The Labute approximate surface area is 89.3 Å². The molecule has 0 amide bonds. The third-order valence-corrected chi connectivity index (χ3v) is 1.94. The van der Waals surface area contributed by atoms with Gasteiger partial charge in [0.15, 0.2) is 0 Å². The second kappa shape index (κ2) is 10.5. The minimum atomic E-state index is 0. The molecule has 1 rings (SSSR count). The van der Waals surface area contributed by atoms with Gasteiger partial charge in [-0.1, -0.05) is 37.6 Å². The van der Waals surface area contributed by atoms with Crippen LogP contribution in [0, 0.1) is 0 Å². The van der Waals surface area contributed by atoms with Crippen molar-refractivity contribution in [3.05, 3.63) is 23.8 Å². The van der Waals surface area contributed by atoms with Gasteiger partial charge in [0.2, 0.25) is 0 Å². The fourth-order valence-corrected chi connectivity index (χ4v) is 1.31. The standard InChI is InChI=1S/C10H17NO.C2H6.H2/c11-9-12-8-4-7-10-5-2-1-3-6-10;1-2;/h2,5-6H,1,3-4,7-9,11H2;1-2H3;1H. The number of hydrogen-bond donors (Lipinski definition) is 1. The predicted octanol–water partition coefficient (Wildman–Crippen LogP) is 3.25. The van der Waals surface area contributed by atoms with Crippen molar-refractivity contribution in [2.45, 2.75) is 39.5 Å². The number of rotatable bonds is 5. The van der Waals surface area contributed by atoms with E-state index in [1.54, 1.807) is 0 Å². The van der Waals surface area contributed by atoms with Crippen LogP contribution < -0.4 is 5.73 Å². The lowest BCUT2D eigenvalue weighted by molar-refractivity contribution is 0.139. The average molecular weight is 199 g/mol. The van der Waals surface area contributed by atoms with E-state index in [0.717, 1.165) is 19.4 Å². The van der Waals surface area contributed by atoms with Gasteiger partial charge >= 0.3 is 0 Å². The van der Waals surface area contributed by atoms with Gasteiger partial charge in [0.1, 0.15) is 0 Å². The maximum atomic E-state index is 5.20. The fraction of sp³-hybridized carbons (Fsp3) is 0.667. The van der Waals surface area contributed by atoms with E-state index in [2.05, 4.69) is 18.2 Å². The highest BCUT2D eigenvalue weighted by atomic mass is 16.5. The van der Waals surface area contributed by atoms with Crippen molar-refractivity contribution in [1.29, 1.82) is 0 Å². The Morgan fingerprint density at radius 2 is 2.21 bits per heavy atom. The first-order chi connectivity index (χ1) is 6.93. The summed E-state index contributed by atoms with van der Waals surface area (Å²) in [7, 11) is 0. The molecule has 0 aromatic heterocycles. The van der Waals surface area contributed by atoms with Crippen molar-refractivity contribution >= 4 is 0 Å². The molecule has 0 aromatic carbocycles. The molecule has 0 heterocycles. The van der Waals surface area contributed by atoms with Gasteiger partial charge in [-0.25, -0.2) is 0 Å². The van der Waals surface area contributed by atoms with Crippen molar-refractivity contribution in [3.8, 4) is 0 Å². The molecule has 0 spiro atoms. The van der Waals surface area contributed by atoms with Crippen LogP contribution in [0.4, 0.5) is 0 Å². The lowest BCUT2D eigenvalue weighted by Crippen LogP contribution is -2.05. The van der Waals surface area contributed by atoms with Crippen LogP contribution in [0.5, 0.6) is 0 Å². The van der Waals surface area contributed by atoms with Crippen molar-refractivity contribution in [2.75, 3.05) is 13.3 Å². The van der Waals surface area contributed by atoms with Crippen molar-refractivity contribution in [1.82, 2.24) is 0 Å². The zero-order valence-electron chi connectivity index (χ0n) is 9.46. The van der Waals surface area contributed by atoms with E-state index in [1.807, 2.05) is 13.8 Å². The third-order valence-electron chi connectivity index (χ3n) is 1.94. The van der Waals surface area contributed by atoms with Crippen LogP contribution in [-0.4, -0.2) is 13.3 Å². The average Bonchev–Trinajstić information content (AvgIpc) is 2.29. The maximum Gasteiger partial charge on any atom is 0.0940 e. The Balaban J connectivity index is 0. The molecule has 0 fully saturated rings. The lowest BCUT2D eigenvalue weighted by atomic mass is 10.0. The molecular formula is C12H25NO. The summed E-state index contributed by atoms with van der Waals surface area (Å²) in [5.74, 6) is 0. The zero-order chi connectivity index (χ0) is 10.6. The molecule has 2 heteroatoms. The van der Waals surface area contributed by atoms with Gasteiger partial charge in [-0.3, -0.25) is 0 Å².